The first-order valence-corrected chi connectivity index (χ1v) is 8.27. The highest BCUT2D eigenvalue weighted by molar-refractivity contribution is 9.10. The van der Waals surface area contributed by atoms with Crippen molar-refractivity contribution in [3.8, 4) is 0 Å². The minimum Gasteiger partial charge on any atom is -0.383 e. The highest BCUT2D eigenvalue weighted by Gasteiger charge is 2.67. The molecule has 0 aliphatic heterocycles. The Morgan fingerprint density at radius 2 is 1.94 bits per heavy atom. The molecule has 18 heavy (non-hydrogen) atoms. The van der Waals surface area contributed by atoms with E-state index in [0.29, 0.717) is 0 Å². The Balaban J connectivity index is 2.35. The van der Waals surface area contributed by atoms with Gasteiger partial charge in [0.15, 0.2) is 9.84 Å². The first-order chi connectivity index (χ1) is 8.30. The van der Waals surface area contributed by atoms with Crippen LogP contribution >= 0.6 is 15.9 Å². The van der Waals surface area contributed by atoms with E-state index in [4.69, 9.17) is 10.5 Å². The summed E-state index contributed by atoms with van der Waals surface area (Å²) in [6, 6.07) is 7.58. The Labute approximate surface area is 116 Å². The molecule has 2 N–H and O–H groups in total. The number of benzene rings is 1. The van der Waals surface area contributed by atoms with Crippen LogP contribution in [0.4, 0.5) is 0 Å². The maximum atomic E-state index is 11.8. The fourth-order valence-electron chi connectivity index (χ4n) is 2.65. The number of hydrogen-bond donors (Lipinski definition) is 1. The van der Waals surface area contributed by atoms with Crippen LogP contribution in [0.2, 0.25) is 0 Å². The van der Waals surface area contributed by atoms with Crippen molar-refractivity contribution in [2.75, 3.05) is 20.0 Å². The van der Waals surface area contributed by atoms with Crippen LogP contribution in [0.15, 0.2) is 28.7 Å². The molecule has 0 radical (unpaired) electrons. The molecule has 1 aliphatic rings. The quantitative estimate of drug-likeness (QED) is 0.901. The maximum Gasteiger partial charge on any atom is 0.152 e. The third-order valence-electron chi connectivity index (χ3n) is 3.39. The van der Waals surface area contributed by atoms with Crippen LogP contribution in [0.5, 0.6) is 0 Å². The van der Waals surface area contributed by atoms with Gasteiger partial charge in [-0.15, -0.1) is 0 Å². The van der Waals surface area contributed by atoms with Crippen LogP contribution in [0.25, 0.3) is 0 Å². The van der Waals surface area contributed by atoms with Crippen LogP contribution in [0.1, 0.15) is 11.5 Å². The summed E-state index contributed by atoms with van der Waals surface area (Å²) >= 11 is 3.35. The molecule has 4 nitrogen and oxygen atoms in total. The minimum absolute atomic E-state index is 0.194. The lowest BCUT2D eigenvalue weighted by Crippen LogP contribution is -2.35. The molecule has 2 rings (SSSR count). The van der Waals surface area contributed by atoms with Crippen molar-refractivity contribution in [2.24, 2.45) is 5.73 Å². The Kier molecular flexibility index (Phi) is 3.57. The summed E-state index contributed by atoms with van der Waals surface area (Å²) in [6.45, 7) is 0.242. The van der Waals surface area contributed by atoms with Crippen molar-refractivity contribution in [3.63, 3.8) is 0 Å². The number of rotatable bonds is 4. The molecule has 0 spiro atoms. The van der Waals surface area contributed by atoms with Gasteiger partial charge in [0.2, 0.25) is 0 Å². The van der Waals surface area contributed by atoms with E-state index in [9.17, 15) is 8.42 Å². The monoisotopic (exact) mass is 333 g/mol. The smallest absolute Gasteiger partial charge is 0.152 e. The molecule has 0 aromatic heterocycles. The number of sulfone groups is 1. The SMILES string of the molecule is COC[C@@]1(N)[C@H](c2ccc(Br)cc2)[C@@H]1S(C)(=O)=O. The number of ether oxygens (including phenoxy) is 1. The minimum atomic E-state index is -3.18. The van der Waals surface area contributed by atoms with Crippen LogP contribution in [0.3, 0.4) is 0 Å². The number of hydrogen-bond acceptors (Lipinski definition) is 4. The second kappa shape index (κ2) is 4.59. The molecule has 1 saturated carbocycles. The first-order valence-electron chi connectivity index (χ1n) is 5.53. The van der Waals surface area contributed by atoms with Crippen molar-refractivity contribution >= 4 is 25.8 Å². The third-order valence-corrected chi connectivity index (χ3v) is 5.55. The topological polar surface area (TPSA) is 69.4 Å². The van der Waals surface area contributed by atoms with Gasteiger partial charge in [0.05, 0.1) is 17.4 Å². The van der Waals surface area contributed by atoms with E-state index in [1.165, 1.54) is 13.4 Å². The highest BCUT2D eigenvalue weighted by atomic mass is 79.9. The van der Waals surface area contributed by atoms with Gasteiger partial charge < -0.3 is 10.5 Å². The molecule has 1 aromatic rings. The van der Waals surface area contributed by atoms with E-state index in [1.807, 2.05) is 24.3 Å². The molecular formula is C12H16BrNO3S. The molecule has 3 atom stereocenters. The van der Waals surface area contributed by atoms with E-state index in [0.717, 1.165) is 10.0 Å². The van der Waals surface area contributed by atoms with Gasteiger partial charge in [-0.25, -0.2) is 8.42 Å². The largest absolute Gasteiger partial charge is 0.383 e. The third kappa shape index (κ3) is 2.34. The summed E-state index contributed by atoms with van der Waals surface area (Å²) in [5.74, 6) is -0.194. The van der Waals surface area contributed by atoms with Gasteiger partial charge in [-0.1, -0.05) is 28.1 Å². The molecule has 0 saturated heterocycles. The van der Waals surface area contributed by atoms with E-state index >= 15 is 0 Å². The zero-order valence-corrected chi connectivity index (χ0v) is 12.7. The van der Waals surface area contributed by atoms with E-state index in [2.05, 4.69) is 15.9 Å². The molecule has 0 amide bonds. The van der Waals surface area contributed by atoms with Crippen molar-refractivity contribution in [3.05, 3.63) is 34.3 Å². The fraction of sp³-hybridized carbons (Fsp3) is 0.500. The second-order valence-corrected chi connectivity index (χ2v) is 7.91. The average molecular weight is 334 g/mol. The number of nitrogens with two attached hydrogens (primary N) is 1. The van der Waals surface area contributed by atoms with Crippen molar-refractivity contribution < 1.29 is 13.2 Å². The summed E-state index contributed by atoms with van der Waals surface area (Å²) in [7, 11) is -1.65. The standard InChI is InChI=1S/C12H16BrNO3S/c1-17-7-12(14)10(11(12)18(2,15)16)8-3-5-9(13)6-4-8/h3-6,10-11H,7,14H2,1-2H3/t10-,11+,12-/m1/s1. The summed E-state index contributed by atoms with van der Waals surface area (Å²) in [6.07, 6.45) is 1.23. The van der Waals surface area contributed by atoms with Gasteiger partial charge in [-0.2, -0.15) is 0 Å². The summed E-state index contributed by atoms with van der Waals surface area (Å²) in [5.41, 5.74) is 6.31. The Bertz CT molecular complexity index is 543. The summed E-state index contributed by atoms with van der Waals surface area (Å²) in [5, 5.41) is -0.564. The molecule has 0 bridgehead atoms. The van der Waals surface area contributed by atoms with E-state index in [1.54, 1.807) is 0 Å². The lowest BCUT2D eigenvalue weighted by atomic mass is 10.1. The van der Waals surface area contributed by atoms with Gasteiger partial charge in [0.25, 0.3) is 0 Å². The van der Waals surface area contributed by atoms with Crippen LogP contribution in [0, 0.1) is 0 Å². The van der Waals surface area contributed by atoms with Gasteiger partial charge in [0.1, 0.15) is 0 Å². The van der Waals surface area contributed by atoms with Crippen LogP contribution in [-0.2, 0) is 14.6 Å². The summed E-state index contributed by atoms with van der Waals surface area (Å²) in [4.78, 5) is 0. The van der Waals surface area contributed by atoms with Gasteiger partial charge in [0, 0.05) is 23.8 Å². The predicted octanol–water partition coefficient (Wildman–Crippen LogP) is 1.30. The Morgan fingerprint density at radius 1 is 1.39 bits per heavy atom. The van der Waals surface area contributed by atoms with E-state index in [-0.39, 0.29) is 12.5 Å². The molecule has 1 fully saturated rings. The summed E-state index contributed by atoms with van der Waals surface area (Å²) < 4.78 is 29.6. The molecule has 1 aliphatic carbocycles. The van der Waals surface area contributed by atoms with Crippen molar-refractivity contribution in [1.29, 1.82) is 0 Å². The molecule has 0 unspecified atom stereocenters. The van der Waals surface area contributed by atoms with Crippen LogP contribution in [-0.4, -0.2) is 39.2 Å². The normalized spacial score (nSPS) is 31.3. The molecular weight excluding hydrogens is 318 g/mol. The molecule has 100 valence electrons. The second-order valence-electron chi connectivity index (χ2n) is 4.82. The zero-order chi connectivity index (χ0) is 13.6. The van der Waals surface area contributed by atoms with Crippen molar-refractivity contribution in [1.82, 2.24) is 0 Å². The van der Waals surface area contributed by atoms with Crippen molar-refractivity contribution in [2.45, 2.75) is 16.7 Å². The molecule has 0 heterocycles. The maximum absolute atomic E-state index is 11.8. The van der Waals surface area contributed by atoms with Gasteiger partial charge in [-0.05, 0) is 17.7 Å². The average Bonchev–Trinajstić information content (AvgIpc) is 2.86. The lowest BCUT2D eigenvalue weighted by molar-refractivity contribution is 0.171. The molecule has 1 aromatic carbocycles. The Morgan fingerprint density at radius 3 is 2.39 bits per heavy atom. The Hall–Kier alpha value is -0.430. The van der Waals surface area contributed by atoms with Crippen LogP contribution < -0.4 is 5.73 Å². The van der Waals surface area contributed by atoms with Gasteiger partial charge in [-0.3, -0.25) is 0 Å². The fourth-order valence-corrected chi connectivity index (χ4v) is 4.75. The predicted molar refractivity (Wildman–Crippen MR) is 74.3 cm³/mol. The number of methoxy groups -OCH3 is 1. The molecule has 6 heteroatoms. The highest BCUT2D eigenvalue weighted by Crippen LogP contribution is 2.54. The van der Waals surface area contributed by atoms with E-state index < -0.39 is 20.6 Å². The first kappa shape index (κ1) is 14.0. The lowest BCUT2D eigenvalue weighted by Gasteiger charge is -2.10. The van der Waals surface area contributed by atoms with Gasteiger partial charge >= 0.3 is 0 Å². The zero-order valence-electron chi connectivity index (χ0n) is 10.3. The number of halogens is 1.